The highest BCUT2D eigenvalue weighted by Gasteiger charge is 2.26. The lowest BCUT2D eigenvalue weighted by atomic mass is 11.3. The van der Waals surface area contributed by atoms with E-state index in [0.717, 1.165) is 4.49 Å². The first kappa shape index (κ1) is 13.7. The van der Waals surface area contributed by atoms with Gasteiger partial charge in [0.25, 0.3) is 10.0 Å². The number of nitrogens with zero attached hydrogens (tertiary/aromatic N) is 1. The number of nitrogens with one attached hydrogen (secondary N) is 1. The van der Waals surface area contributed by atoms with Gasteiger partial charge in [0, 0.05) is 5.41 Å². The van der Waals surface area contributed by atoms with Crippen LogP contribution in [0, 0.1) is 0 Å². The summed E-state index contributed by atoms with van der Waals surface area (Å²) in [5, 5.41) is 0.235. The molecule has 0 unspecified atom stereocenters. The lowest BCUT2D eigenvalue weighted by Crippen LogP contribution is -2.14. The van der Waals surface area contributed by atoms with Crippen molar-refractivity contribution in [3.63, 3.8) is 0 Å². The van der Waals surface area contributed by atoms with Crippen LogP contribution >= 0.6 is 7.83 Å². The molecule has 0 rings (SSSR count). The Morgan fingerprint density at radius 3 is 2.07 bits per heavy atom. The third-order valence-electron chi connectivity index (χ3n) is 0.707. The van der Waals surface area contributed by atoms with Crippen LogP contribution < -0.4 is 4.49 Å². The molecule has 0 aliphatic carbocycles. The summed E-state index contributed by atoms with van der Waals surface area (Å²) in [6.45, 7) is 2.76. The second kappa shape index (κ2) is 4.05. The van der Waals surface area contributed by atoms with E-state index in [1.54, 1.807) is 0 Å². The van der Waals surface area contributed by atoms with Gasteiger partial charge in [0.2, 0.25) is 10.0 Å². The first-order chi connectivity index (χ1) is 5.97. The molecular formula is C3H7F2N2O4PS2. The van der Waals surface area contributed by atoms with Crippen molar-refractivity contribution in [3.8, 4) is 0 Å². The number of hydrogen-bond acceptors (Lipinski definition) is 4. The average molecular weight is 268 g/mol. The lowest BCUT2D eigenvalue weighted by molar-refractivity contribution is 0.597. The van der Waals surface area contributed by atoms with Crippen LogP contribution in [0.25, 0.3) is 0 Å². The van der Waals surface area contributed by atoms with Gasteiger partial charge in [0.05, 0.1) is 6.26 Å². The van der Waals surface area contributed by atoms with Gasteiger partial charge >= 0.3 is 7.83 Å². The zero-order chi connectivity index (χ0) is 11.6. The van der Waals surface area contributed by atoms with Crippen LogP contribution in [0.2, 0.25) is 0 Å². The van der Waals surface area contributed by atoms with Crippen LogP contribution in [0.1, 0.15) is 0 Å². The largest absolute Gasteiger partial charge is 0.392 e. The standard InChI is InChI=1S/C3H7F2N2O4PS2/c1-3-14(10,11)7-12(4,5)6-13(2,8)9/h3,7H,1H2,2H3. The van der Waals surface area contributed by atoms with Gasteiger partial charge in [0.15, 0.2) is 0 Å². The van der Waals surface area contributed by atoms with Crippen molar-refractivity contribution >= 4 is 27.9 Å². The van der Waals surface area contributed by atoms with Crippen LogP contribution in [0.4, 0.5) is 8.39 Å². The van der Waals surface area contributed by atoms with Crippen LogP contribution in [-0.4, -0.2) is 23.1 Å². The average Bonchev–Trinajstić information content (AvgIpc) is 1.78. The van der Waals surface area contributed by atoms with Gasteiger partial charge in [-0.05, 0) is 0 Å². The minimum absolute atomic E-state index is 0.235. The second-order valence-corrected chi connectivity index (χ2v) is 7.34. The molecule has 0 fully saturated rings. The molecule has 0 aliphatic heterocycles. The van der Waals surface area contributed by atoms with Gasteiger partial charge < -0.3 is 0 Å². The zero-order valence-corrected chi connectivity index (χ0v) is 9.41. The summed E-state index contributed by atoms with van der Waals surface area (Å²) >= 11 is 0. The molecule has 0 bridgehead atoms. The van der Waals surface area contributed by atoms with E-state index in [2.05, 4.69) is 10.7 Å². The molecule has 0 aromatic heterocycles. The normalized spacial score (nSPS) is 13.6. The molecule has 0 atom stereocenters. The van der Waals surface area contributed by atoms with Crippen LogP contribution in [0.15, 0.2) is 16.1 Å². The first-order valence-corrected chi connectivity index (χ1v) is 7.79. The SMILES string of the molecule is C=CS(=O)(=O)NP(F)(F)=NS(C)(=O)=O. The molecular weight excluding hydrogens is 261 g/mol. The predicted molar refractivity (Wildman–Crippen MR) is 48.7 cm³/mol. The number of halogens is 2. The van der Waals surface area contributed by atoms with Crippen molar-refractivity contribution in [2.75, 3.05) is 6.26 Å². The lowest BCUT2D eigenvalue weighted by Gasteiger charge is -2.04. The molecule has 14 heavy (non-hydrogen) atoms. The van der Waals surface area contributed by atoms with Gasteiger partial charge in [-0.1, -0.05) is 6.58 Å². The van der Waals surface area contributed by atoms with Gasteiger partial charge in [0.1, 0.15) is 0 Å². The molecule has 0 spiro atoms. The maximum absolute atomic E-state index is 12.6. The van der Waals surface area contributed by atoms with E-state index in [1.807, 2.05) is 0 Å². The van der Waals surface area contributed by atoms with Crippen LogP contribution in [0.3, 0.4) is 0 Å². The fourth-order valence-corrected chi connectivity index (χ4v) is 3.84. The molecule has 0 saturated carbocycles. The molecule has 6 nitrogen and oxygen atoms in total. The van der Waals surface area contributed by atoms with E-state index in [1.165, 1.54) is 0 Å². The highest BCUT2D eigenvalue weighted by atomic mass is 32.2. The Balaban J connectivity index is 5.23. The number of sulfonamides is 2. The van der Waals surface area contributed by atoms with E-state index in [9.17, 15) is 25.2 Å². The Morgan fingerprint density at radius 2 is 1.79 bits per heavy atom. The molecule has 0 aromatic rings. The summed E-state index contributed by atoms with van der Waals surface area (Å²) in [7, 11) is -14.3. The minimum Gasteiger partial charge on any atom is -0.207 e. The maximum Gasteiger partial charge on any atom is 0.392 e. The first-order valence-electron chi connectivity index (χ1n) is 2.87. The topological polar surface area (TPSA) is 92.7 Å². The monoisotopic (exact) mass is 268 g/mol. The van der Waals surface area contributed by atoms with Crippen molar-refractivity contribution in [2.45, 2.75) is 0 Å². The van der Waals surface area contributed by atoms with Gasteiger partial charge in [-0.2, -0.15) is 8.39 Å². The minimum atomic E-state index is -5.57. The Labute approximate surface area is 80.5 Å². The summed E-state index contributed by atoms with van der Waals surface area (Å²) in [6.07, 6.45) is 0.434. The van der Waals surface area contributed by atoms with Gasteiger partial charge in [-0.25, -0.2) is 16.8 Å². The van der Waals surface area contributed by atoms with E-state index < -0.39 is 27.9 Å². The predicted octanol–water partition coefficient (Wildman–Crippen LogP) is 0.894. The van der Waals surface area contributed by atoms with Gasteiger partial charge in [-0.15, -0.1) is 8.64 Å². The molecule has 84 valence electrons. The molecule has 0 heterocycles. The highest BCUT2D eigenvalue weighted by Crippen LogP contribution is 2.50. The van der Waals surface area contributed by atoms with Crippen LogP contribution in [-0.2, 0) is 20.0 Å². The third kappa shape index (κ3) is 6.19. The zero-order valence-electron chi connectivity index (χ0n) is 6.88. The Kier molecular flexibility index (Phi) is 3.96. The number of rotatable bonds is 4. The van der Waals surface area contributed by atoms with Crippen molar-refractivity contribution in [3.05, 3.63) is 12.0 Å². The van der Waals surface area contributed by atoms with Crippen molar-refractivity contribution in [2.24, 2.45) is 4.15 Å². The molecule has 11 heteroatoms. The highest BCUT2D eigenvalue weighted by molar-refractivity contribution is 7.99. The molecule has 0 radical (unpaired) electrons. The summed E-state index contributed by atoms with van der Waals surface area (Å²) in [4.78, 5) is 0. The number of hydrogen-bond donors (Lipinski definition) is 1. The smallest absolute Gasteiger partial charge is 0.207 e. The molecule has 0 aromatic carbocycles. The van der Waals surface area contributed by atoms with E-state index in [4.69, 9.17) is 0 Å². The van der Waals surface area contributed by atoms with Crippen LogP contribution in [0.5, 0.6) is 0 Å². The quantitative estimate of drug-likeness (QED) is 0.766. The molecule has 0 aliphatic rings. The summed E-state index contributed by atoms with van der Waals surface area (Å²) in [5.74, 6) is 0. The van der Waals surface area contributed by atoms with Crippen molar-refractivity contribution in [1.29, 1.82) is 0 Å². The fourth-order valence-electron chi connectivity index (χ4n) is 0.393. The Morgan fingerprint density at radius 1 is 1.36 bits per heavy atom. The molecule has 0 amide bonds. The Hall–Kier alpha value is -0.310. The van der Waals surface area contributed by atoms with E-state index in [-0.39, 0.29) is 5.41 Å². The van der Waals surface area contributed by atoms with E-state index >= 15 is 0 Å². The van der Waals surface area contributed by atoms with Crippen molar-refractivity contribution in [1.82, 2.24) is 4.49 Å². The second-order valence-electron chi connectivity index (χ2n) is 2.10. The Bertz CT molecular complexity index is 475. The fraction of sp³-hybridized carbons (Fsp3) is 0.333. The molecule has 0 saturated heterocycles. The van der Waals surface area contributed by atoms with Crippen molar-refractivity contribution < 1.29 is 25.2 Å². The third-order valence-corrected chi connectivity index (χ3v) is 5.05. The molecule has 1 N–H and O–H groups in total. The maximum atomic E-state index is 12.6. The summed E-state index contributed by atoms with van der Waals surface area (Å²) in [5.41, 5.74) is 0. The summed E-state index contributed by atoms with van der Waals surface area (Å²) in [6, 6.07) is 0. The summed E-state index contributed by atoms with van der Waals surface area (Å²) < 4.78 is 70.0. The van der Waals surface area contributed by atoms with E-state index in [0.29, 0.717) is 6.26 Å². The van der Waals surface area contributed by atoms with Gasteiger partial charge in [-0.3, -0.25) is 0 Å².